The molecule has 1 aromatic rings. The van der Waals surface area contributed by atoms with Crippen molar-refractivity contribution in [3.63, 3.8) is 0 Å². The van der Waals surface area contributed by atoms with E-state index in [0.717, 1.165) is 41.4 Å². The highest BCUT2D eigenvalue weighted by atomic mass is 79.9. The standard InChI is InChI=1S/C14H12Br2/c15-14(16)12-7(6-4-2-1-3-5-6)8-9-10(8)11(9)13(12)14/h1-5,7-13H/t7-,8?,9+,10?,11?,12+,13-/m1/s1. The van der Waals surface area contributed by atoms with Crippen LogP contribution < -0.4 is 0 Å². The van der Waals surface area contributed by atoms with Crippen molar-refractivity contribution >= 4 is 31.9 Å². The number of halogens is 2. The fraction of sp³-hybridized carbons (Fsp3) is 0.571. The zero-order valence-electron chi connectivity index (χ0n) is 8.68. The third-order valence-corrected chi connectivity index (χ3v) is 7.62. The Kier molecular flexibility index (Phi) is 1.41. The minimum Gasteiger partial charge on any atom is -0.0721 e. The summed E-state index contributed by atoms with van der Waals surface area (Å²) in [5.74, 6) is 6.90. The topological polar surface area (TPSA) is 0 Å². The minimum absolute atomic E-state index is 0.281. The number of hydrogen-bond acceptors (Lipinski definition) is 0. The molecule has 6 rings (SSSR count). The van der Waals surface area contributed by atoms with Crippen LogP contribution in [-0.2, 0) is 0 Å². The van der Waals surface area contributed by atoms with Crippen LogP contribution in [0.4, 0.5) is 0 Å². The number of rotatable bonds is 1. The van der Waals surface area contributed by atoms with Gasteiger partial charge < -0.3 is 0 Å². The van der Waals surface area contributed by atoms with E-state index in [2.05, 4.69) is 62.2 Å². The van der Waals surface area contributed by atoms with E-state index in [-0.39, 0.29) is 3.23 Å². The first-order valence-corrected chi connectivity index (χ1v) is 7.74. The van der Waals surface area contributed by atoms with Crippen molar-refractivity contribution in [2.24, 2.45) is 35.5 Å². The summed E-state index contributed by atoms with van der Waals surface area (Å²) in [5, 5.41) is 0. The zero-order valence-corrected chi connectivity index (χ0v) is 11.9. The smallest absolute Gasteiger partial charge is 0.0721 e. The largest absolute Gasteiger partial charge is 0.0877 e. The molecule has 3 unspecified atom stereocenters. The third kappa shape index (κ3) is 0.839. The van der Waals surface area contributed by atoms with Crippen molar-refractivity contribution < 1.29 is 0 Å². The molecule has 7 atom stereocenters. The molecule has 0 saturated heterocycles. The van der Waals surface area contributed by atoms with Crippen molar-refractivity contribution in [1.82, 2.24) is 0 Å². The third-order valence-electron chi connectivity index (χ3n) is 5.51. The maximum atomic E-state index is 3.91. The molecule has 0 amide bonds. The first-order chi connectivity index (χ1) is 7.73. The molecule has 5 aliphatic carbocycles. The molecular formula is C14H12Br2. The first kappa shape index (κ1) is 9.16. The highest BCUT2D eigenvalue weighted by Crippen LogP contribution is 2.93. The monoisotopic (exact) mass is 338 g/mol. The van der Waals surface area contributed by atoms with Crippen LogP contribution in [0.15, 0.2) is 30.3 Å². The van der Waals surface area contributed by atoms with E-state index >= 15 is 0 Å². The summed E-state index contributed by atoms with van der Waals surface area (Å²) in [6.07, 6.45) is 0. The lowest BCUT2D eigenvalue weighted by atomic mass is 9.76. The van der Waals surface area contributed by atoms with Gasteiger partial charge in [-0.05, 0) is 47.0 Å². The highest BCUT2D eigenvalue weighted by molar-refractivity contribution is 9.25. The second kappa shape index (κ2) is 2.47. The van der Waals surface area contributed by atoms with Crippen molar-refractivity contribution in [3.05, 3.63) is 35.9 Å². The Morgan fingerprint density at radius 1 is 0.812 bits per heavy atom. The molecule has 0 aliphatic heterocycles. The van der Waals surface area contributed by atoms with Gasteiger partial charge in [-0.3, -0.25) is 0 Å². The molecule has 5 aliphatic rings. The Labute approximate surface area is 112 Å². The van der Waals surface area contributed by atoms with Crippen LogP contribution in [0.3, 0.4) is 0 Å². The van der Waals surface area contributed by atoms with Crippen molar-refractivity contribution in [2.75, 3.05) is 0 Å². The normalized spacial score (nSPS) is 57.2. The summed E-state index contributed by atoms with van der Waals surface area (Å²) in [6.45, 7) is 0. The molecule has 5 fully saturated rings. The fourth-order valence-corrected chi connectivity index (χ4v) is 6.83. The summed E-state index contributed by atoms with van der Waals surface area (Å²) in [7, 11) is 0. The minimum atomic E-state index is 0.281. The predicted molar refractivity (Wildman–Crippen MR) is 70.7 cm³/mol. The van der Waals surface area contributed by atoms with E-state index in [1.165, 1.54) is 0 Å². The summed E-state index contributed by atoms with van der Waals surface area (Å²) >= 11 is 7.83. The Balaban J connectivity index is 1.60. The first-order valence-electron chi connectivity index (χ1n) is 6.15. The predicted octanol–water partition coefficient (Wildman–Crippen LogP) is 4.01. The van der Waals surface area contributed by atoms with Crippen LogP contribution >= 0.6 is 31.9 Å². The van der Waals surface area contributed by atoms with Gasteiger partial charge in [0, 0.05) is 0 Å². The summed E-state index contributed by atoms with van der Waals surface area (Å²) < 4.78 is 0.281. The summed E-state index contributed by atoms with van der Waals surface area (Å²) in [5.41, 5.74) is 1.58. The average molecular weight is 340 g/mol. The molecule has 0 heterocycles. The van der Waals surface area contributed by atoms with Gasteiger partial charge in [0.15, 0.2) is 0 Å². The van der Waals surface area contributed by atoms with E-state index < -0.39 is 0 Å². The molecule has 2 bridgehead atoms. The van der Waals surface area contributed by atoms with Crippen molar-refractivity contribution in [1.29, 1.82) is 0 Å². The molecule has 0 aromatic heterocycles. The van der Waals surface area contributed by atoms with Crippen LogP contribution in [0.25, 0.3) is 0 Å². The number of alkyl halides is 2. The Morgan fingerprint density at radius 3 is 2.19 bits per heavy atom. The molecular weight excluding hydrogens is 328 g/mol. The highest BCUT2D eigenvalue weighted by Gasteiger charge is 2.90. The van der Waals surface area contributed by atoms with Crippen LogP contribution in [0.1, 0.15) is 11.5 Å². The van der Waals surface area contributed by atoms with Gasteiger partial charge >= 0.3 is 0 Å². The maximum Gasteiger partial charge on any atom is 0.0877 e. The quantitative estimate of drug-likeness (QED) is 0.678. The zero-order chi connectivity index (χ0) is 10.7. The molecule has 0 radical (unpaired) electrons. The van der Waals surface area contributed by atoms with Crippen LogP contribution in [-0.4, -0.2) is 3.23 Å². The second-order valence-electron chi connectivity index (χ2n) is 5.97. The lowest BCUT2D eigenvalue weighted by molar-refractivity contribution is 0.275. The van der Waals surface area contributed by atoms with Crippen molar-refractivity contribution in [3.8, 4) is 0 Å². The lowest BCUT2D eigenvalue weighted by Crippen LogP contribution is -2.21. The second-order valence-corrected chi connectivity index (χ2v) is 9.66. The van der Waals surface area contributed by atoms with Gasteiger partial charge in [0.05, 0.1) is 3.23 Å². The van der Waals surface area contributed by atoms with E-state index in [1.54, 1.807) is 5.56 Å². The van der Waals surface area contributed by atoms with Crippen LogP contribution in [0, 0.1) is 35.5 Å². The lowest BCUT2D eigenvalue weighted by Gasteiger charge is -2.28. The SMILES string of the molecule is BrC1(Br)[C@H]2[C@H](c3ccccc3)C3C4C([C@H]43)[C@H]21. The van der Waals surface area contributed by atoms with Crippen LogP contribution in [0.5, 0.6) is 0 Å². The van der Waals surface area contributed by atoms with Gasteiger partial charge in [0.2, 0.25) is 0 Å². The van der Waals surface area contributed by atoms with Gasteiger partial charge in [-0.15, -0.1) is 0 Å². The average Bonchev–Trinajstić information content (AvgIpc) is 3.20. The molecule has 0 spiro atoms. The Bertz CT molecular complexity index is 471. The maximum absolute atomic E-state index is 3.91. The van der Waals surface area contributed by atoms with E-state index in [0.29, 0.717) is 0 Å². The summed E-state index contributed by atoms with van der Waals surface area (Å²) in [4.78, 5) is 0. The van der Waals surface area contributed by atoms with E-state index in [9.17, 15) is 0 Å². The molecule has 0 N–H and O–H groups in total. The van der Waals surface area contributed by atoms with Gasteiger partial charge in [0.1, 0.15) is 0 Å². The van der Waals surface area contributed by atoms with E-state index in [4.69, 9.17) is 0 Å². The van der Waals surface area contributed by atoms with E-state index in [1.807, 2.05) is 0 Å². The molecule has 0 nitrogen and oxygen atoms in total. The Hall–Kier alpha value is 0.180. The van der Waals surface area contributed by atoms with Crippen molar-refractivity contribution in [2.45, 2.75) is 9.15 Å². The van der Waals surface area contributed by atoms with Gasteiger partial charge in [-0.2, -0.15) is 0 Å². The molecule has 5 saturated carbocycles. The number of hydrogen-bond donors (Lipinski definition) is 0. The van der Waals surface area contributed by atoms with Gasteiger partial charge in [-0.1, -0.05) is 62.2 Å². The number of benzene rings is 1. The van der Waals surface area contributed by atoms with Gasteiger partial charge in [0.25, 0.3) is 0 Å². The van der Waals surface area contributed by atoms with Crippen LogP contribution in [0.2, 0.25) is 0 Å². The molecule has 82 valence electrons. The molecule has 1 aromatic carbocycles. The van der Waals surface area contributed by atoms with Gasteiger partial charge in [-0.25, -0.2) is 0 Å². The Morgan fingerprint density at radius 2 is 1.50 bits per heavy atom. The molecule has 2 heteroatoms. The fourth-order valence-electron chi connectivity index (χ4n) is 4.77. The summed E-state index contributed by atoms with van der Waals surface area (Å²) in [6, 6.07) is 11.2. The molecule has 16 heavy (non-hydrogen) atoms.